The Morgan fingerprint density at radius 1 is 1.30 bits per heavy atom. The van der Waals surface area contributed by atoms with Gasteiger partial charge in [-0.2, -0.15) is 0 Å². The van der Waals surface area contributed by atoms with Crippen molar-refractivity contribution < 1.29 is 17.5 Å². The fraction of sp³-hybridized carbons (Fsp3) is 0.571. The van der Waals surface area contributed by atoms with Crippen LogP contribution < -0.4 is 10.1 Å². The third-order valence-corrected chi connectivity index (χ3v) is 4.52. The molecule has 0 radical (unpaired) electrons. The Labute approximate surface area is 120 Å². The topological polar surface area (TPSA) is 55.4 Å². The Kier molecular flexibility index (Phi) is 6.95. The van der Waals surface area contributed by atoms with Crippen molar-refractivity contribution in [1.82, 2.24) is 5.32 Å². The van der Waals surface area contributed by atoms with E-state index in [1.807, 2.05) is 6.92 Å². The van der Waals surface area contributed by atoms with Crippen LogP contribution in [0.3, 0.4) is 0 Å². The Balaban J connectivity index is 2.64. The molecule has 0 spiro atoms. The number of ether oxygens (including phenoxy) is 1. The summed E-state index contributed by atoms with van der Waals surface area (Å²) in [5.41, 5.74) is 0.701. The predicted molar refractivity (Wildman–Crippen MR) is 78.2 cm³/mol. The fourth-order valence-corrected chi connectivity index (χ4v) is 2.28. The number of hydrogen-bond donors (Lipinski definition) is 1. The first-order valence-corrected chi connectivity index (χ1v) is 8.63. The van der Waals surface area contributed by atoms with Gasteiger partial charge in [-0.05, 0) is 31.2 Å². The second-order valence-electron chi connectivity index (χ2n) is 4.51. The molecule has 0 atom stereocenters. The lowest BCUT2D eigenvalue weighted by Gasteiger charge is -2.12. The molecule has 0 fully saturated rings. The Bertz CT molecular complexity index is 517. The number of benzene rings is 1. The SMILES string of the molecule is CCCNCc1cc(F)ccc1OCCS(=O)(=O)CC. The fourth-order valence-electron chi connectivity index (χ4n) is 1.65. The molecular weight excluding hydrogens is 281 g/mol. The second kappa shape index (κ2) is 8.21. The molecule has 0 aromatic heterocycles. The smallest absolute Gasteiger partial charge is 0.153 e. The molecule has 0 bridgehead atoms. The maximum absolute atomic E-state index is 13.2. The van der Waals surface area contributed by atoms with E-state index in [0.29, 0.717) is 17.9 Å². The molecule has 0 heterocycles. The summed E-state index contributed by atoms with van der Waals surface area (Å²) in [5.74, 6) is 0.279. The summed E-state index contributed by atoms with van der Waals surface area (Å²) in [6.45, 7) is 5.07. The maximum Gasteiger partial charge on any atom is 0.153 e. The van der Waals surface area contributed by atoms with Gasteiger partial charge in [-0.15, -0.1) is 0 Å². The molecule has 0 saturated carbocycles. The molecule has 4 nitrogen and oxygen atoms in total. The van der Waals surface area contributed by atoms with Crippen LogP contribution in [0.4, 0.5) is 4.39 Å². The Hall–Kier alpha value is -1.14. The average molecular weight is 303 g/mol. The summed E-state index contributed by atoms with van der Waals surface area (Å²) in [6, 6.07) is 4.26. The molecule has 1 rings (SSSR count). The van der Waals surface area contributed by atoms with Crippen molar-refractivity contribution in [3.8, 4) is 5.75 Å². The van der Waals surface area contributed by atoms with E-state index in [-0.39, 0.29) is 23.9 Å². The first-order chi connectivity index (χ1) is 9.48. The third-order valence-electron chi connectivity index (χ3n) is 2.86. The van der Waals surface area contributed by atoms with Crippen LogP contribution in [0.2, 0.25) is 0 Å². The highest BCUT2D eigenvalue weighted by atomic mass is 32.2. The van der Waals surface area contributed by atoms with Crippen molar-refractivity contribution in [2.45, 2.75) is 26.8 Å². The van der Waals surface area contributed by atoms with Crippen LogP contribution >= 0.6 is 0 Å². The standard InChI is InChI=1S/C14H22FNO3S/c1-3-7-16-11-12-10-13(15)5-6-14(12)19-8-9-20(17,18)4-2/h5-6,10,16H,3-4,7-9,11H2,1-2H3. The number of sulfone groups is 1. The average Bonchev–Trinajstić information content (AvgIpc) is 2.41. The minimum absolute atomic E-state index is 0.0251. The molecule has 6 heteroatoms. The van der Waals surface area contributed by atoms with Crippen molar-refractivity contribution in [1.29, 1.82) is 0 Å². The van der Waals surface area contributed by atoms with Gasteiger partial charge in [0.15, 0.2) is 9.84 Å². The summed E-state index contributed by atoms with van der Waals surface area (Å²) >= 11 is 0. The van der Waals surface area contributed by atoms with Crippen LogP contribution in [0.25, 0.3) is 0 Å². The highest BCUT2D eigenvalue weighted by Crippen LogP contribution is 2.19. The zero-order valence-electron chi connectivity index (χ0n) is 12.0. The van der Waals surface area contributed by atoms with Gasteiger partial charge >= 0.3 is 0 Å². The van der Waals surface area contributed by atoms with Gasteiger partial charge < -0.3 is 10.1 Å². The molecular formula is C14H22FNO3S. The van der Waals surface area contributed by atoms with Crippen LogP contribution in [-0.4, -0.2) is 33.1 Å². The number of rotatable bonds is 9. The molecule has 0 aliphatic heterocycles. The molecule has 0 unspecified atom stereocenters. The van der Waals surface area contributed by atoms with Gasteiger partial charge in [0.25, 0.3) is 0 Å². The summed E-state index contributed by atoms with van der Waals surface area (Å²) in [5, 5.41) is 3.17. The van der Waals surface area contributed by atoms with Crippen LogP contribution in [0.1, 0.15) is 25.8 Å². The normalized spacial score (nSPS) is 11.6. The van der Waals surface area contributed by atoms with E-state index in [1.54, 1.807) is 6.92 Å². The van der Waals surface area contributed by atoms with Crippen molar-refractivity contribution in [3.05, 3.63) is 29.6 Å². The number of nitrogens with one attached hydrogen (secondary N) is 1. The zero-order chi connectivity index (χ0) is 15.0. The molecule has 1 aromatic carbocycles. The van der Waals surface area contributed by atoms with Gasteiger partial charge in [0, 0.05) is 17.9 Å². The zero-order valence-corrected chi connectivity index (χ0v) is 12.8. The van der Waals surface area contributed by atoms with E-state index >= 15 is 0 Å². The van der Waals surface area contributed by atoms with Crippen LogP contribution in [-0.2, 0) is 16.4 Å². The predicted octanol–water partition coefficient (Wildman–Crippen LogP) is 2.14. The lowest BCUT2D eigenvalue weighted by molar-refractivity contribution is 0.335. The highest BCUT2D eigenvalue weighted by molar-refractivity contribution is 7.91. The van der Waals surface area contributed by atoms with E-state index in [2.05, 4.69) is 5.32 Å². The highest BCUT2D eigenvalue weighted by Gasteiger charge is 2.10. The molecule has 0 aliphatic carbocycles. The minimum atomic E-state index is -3.05. The molecule has 114 valence electrons. The first kappa shape index (κ1) is 16.9. The first-order valence-electron chi connectivity index (χ1n) is 6.81. The van der Waals surface area contributed by atoms with Gasteiger partial charge in [-0.1, -0.05) is 13.8 Å². The minimum Gasteiger partial charge on any atom is -0.492 e. The third kappa shape index (κ3) is 5.88. The van der Waals surface area contributed by atoms with E-state index < -0.39 is 9.84 Å². The second-order valence-corrected chi connectivity index (χ2v) is 6.99. The Morgan fingerprint density at radius 3 is 2.70 bits per heavy atom. The van der Waals surface area contributed by atoms with Crippen LogP contribution in [0, 0.1) is 5.82 Å². The van der Waals surface area contributed by atoms with Crippen molar-refractivity contribution >= 4 is 9.84 Å². The van der Waals surface area contributed by atoms with Crippen LogP contribution in [0.15, 0.2) is 18.2 Å². The van der Waals surface area contributed by atoms with E-state index in [9.17, 15) is 12.8 Å². The van der Waals surface area contributed by atoms with Gasteiger partial charge in [0.05, 0.1) is 5.75 Å². The molecule has 1 N–H and O–H groups in total. The summed E-state index contributed by atoms with van der Waals surface area (Å²) in [7, 11) is -3.05. The Morgan fingerprint density at radius 2 is 2.05 bits per heavy atom. The molecule has 0 saturated heterocycles. The van der Waals surface area contributed by atoms with E-state index in [0.717, 1.165) is 13.0 Å². The summed E-state index contributed by atoms with van der Waals surface area (Å²) in [4.78, 5) is 0. The molecule has 20 heavy (non-hydrogen) atoms. The lowest BCUT2D eigenvalue weighted by Crippen LogP contribution is -2.18. The van der Waals surface area contributed by atoms with Crippen LogP contribution in [0.5, 0.6) is 5.75 Å². The van der Waals surface area contributed by atoms with E-state index in [1.165, 1.54) is 18.2 Å². The van der Waals surface area contributed by atoms with Gasteiger partial charge in [0.1, 0.15) is 18.2 Å². The maximum atomic E-state index is 13.2. The molecule has 1 aromatic rings. The van der Waals surface area contributed by atoms with E-state index in [4.69, 9.17) is 4.74 Å². The largest absolute Gasteiger partial charge is 0.492 e. The number of halogens is 1. The van der Waals surface area contributed by atoms with Gasteiger partial charge in [-0.3, -0.25) is 0 Å². The van der Waals surface area contributed by atoms with Gasteiger partial charge in [0.2, 0.25) is 0 Å². The molecule has 0 amide bonds. The summed E-state index contributed by atoms with van der Waals surface area (Å²) < 4.78 is 41.5. The lowest BCUT2D eigenvalue weighted by atomic mass is 10.2. The van der Waals surface area contributed by atoms with Gasteiger partial charge in [-0.25, -0.2) is 12.8 Å². The quantitative estimate of drug-likeness (QED) is 0.710. The number of hydrogen-bond acceptors (Lipinski definition) is 4. The van der Waals surface area contributed by atoms with Crippen molar-refractivity contribution in [3.63, 3.8) is 0 Å². The summed E-state index contributed by atoms with van der Waals surface area (Å²) in [6.07, 6.45) is 0.986. The molecule has 0 aliphatic rings. The van der Waals surface area contributed by atoms with Crippen molar-refractivity contribution in [2.24, 2.45) is 0 Å². The monoisotopic (exact) mass is 303 g/mol. The van der Waals surface area contributed by atoms with Crippen molar-refractivity contribution in [2.75, 3.05) is 24.7 Å².